The van der Waals surface area contributed by atoms with Crippen molar-refractivity contribution in [3.05, 3.63) is 53.9 Å². The van der Waals surface area contributed by atoms with Crippen LogP contribution in [0.3, 0.4) is 0 Å². The molecule has 1 unspecified atom stereocenters. The van der Waals surface area contributed by atoms with E-state index in [2.05, 4.69) is 10.7 Å². The molecule has 0 saturated carbocycles. The fourth-order valence-electron chi connectivity index (χ4n) is 3.41. The van der Waals surface area contributed by atoms with Gasteiger partial charge >= 0.3 is 0 Å². The van der Waals surface area contributed by atoms with Crippen molar-refractivity contribution in [3.8, 4) is 28.7 Å². The molecule has 0 bridgehead atoms. The van der Waals surface area contributed by atoms with Crippen LogP contribution in [0.2, 0.25) is 0 Å². The van der Waals surface area contributed by atoms with E-state index in [0.29, 0.717) is 17.2 Å². The Bertz CT molecular complexity index is 862. The Morgan fingerprint density at radius 2 is 1.50 bits per heavy atom. The van der Waals surface area contributed by atoms with E-state index < -0.39 is 0 Å². The maximum Gasteiger partial charge on any atom is 0.203 e. The predicted molar refractivity (Wildman–Crippen MR) is 114 cm³/mol. The molecule has 1 atom stereocenters. The lowest BCUT2D eigenvalue weighted by Crippen LogP contribution is -2.39. The molecule has 1 heterocycles. The van der Waals surface area contributed by atoms with Crippen molar-refractivity contribution in [2.24, 2.45) is 0 Å². The molecule has 2 N–H and O–H groups in total. The van der Waals surface area contributed by atoms with E-state index in [9.17, 15) is 0 Å². The average molecular weight is 415 g/mol. The van der Waals surface area contributed by atoms with Crippen molar-refractivity contribution in [1.82, 2.24) is 15.8 Å². The van der Waals surface area contributed by atoms with Gasteiger partial charge in [0.25, 0.3) is 0 Å². The highest BCUT2D eigenvalue weighted by Crippen LogP contribution is 2.40. The molecule has 2 aromatic carbocycles. The number of hydrazine groups is 1. The minimum absolute atomic E-state index is 0.107. The Kier molecular flexibility index (Phi) is 7.13. The first-order chi connectivity index (χ1) is 14.6. The van der Waals surface area contributed by atoms with Crippen LogP contribution in [-0.4, -0.2) is 47.1 Å². The highest BCUT2D eigenvalue weighted by molar-refractivity contribution is 5.54. The van der Waals surface area contributed by atoms with Crippen molar-refractivity contribution >= 4 is 0 Å². The summed E-state index contributed by atoms with van der Waals surface area (Å²) in [4.78, 5) is 0. The predicted octanol–water partition coefficient (Wildman–Crippen LogP) is 2.85. The van der Waals surface area contributed by atoms with Crippen LogP contribution in [-0.2, 0) is 6.42 Å². The van der Waals surface area contributed by atoms with Crippen LogP contribution in [0, 0.1) is 0 Å². The maximum atomic E-state index is 5.48. The van der Waals surface area contributed by atoms with Gasteiger partial charge in [-0.05, 0) is 36.2 Å². The van der Waals surface area contributed by atoms with Crippen molar-refractivity contribution in [3.63, 3.8) is 0 Å². The first-order valence-corrected chi connectivity index (χ1v) is 9.60. The van der Waals surface area contributed by atoms with Crippen LogP contribution in [0.1, 0.15) is 17.3 Å². The van der Waals surface area contributed by atoms with Gasteiger partial charge in [0.15, 0.2) is 23.0 Å². The van der Waals surface area contributed by atoms with Crippen LogP contribution in [0.5, 0.6) is 28.7 Å². The minimum Gasteiger partial charge on any atom is -0.493 e. The third kappa shape index (κ3) is 4.49. The molecule has 0 saturated heterocycles. The number of hydrogen-bond donors (Lipinski definition) is 2. The summed E-state index contributed by atoms with van der Waals surface area (Å²) in [7, 11) is 8.09. The topological polar surface area (TPSA) is 73.5 Å². The molecule has 1 aliphatic rings. The molecule has 162 valence electrons. The lowest BCUT2D eigenvalue weighted by molar-refractivity contribution is 0.200. The summed E-state index contributed by atoms with van der Waals surface area (Å²) in [6.07, 6.45) is 4.58. The molecule has 0 aliphatic carbocycles. The molecule has 30 heavy (non-hydrogen) atoms. The smallest absolute Gasteiger partial charge is 0.203 e. The summed E-state index contributed by atoms with van der Waals surface area (Å²) in [5, 5.41) is 5.35. The molecule has 8 nitrogen and oxygen atoms in total. The molecule has 2 aromatic rings. The summed E-state index contributed by atoms with van der Waals surface area (Å²) in [6.45, 7) is 0.739. The third-order valence-corrected chi connectivity index (χ3v) is 4.93. The second-order valence-electron chi connectivity index (χ2n) is 6.60. The Morgan fingerprint density at radius 1 is 0.833 bits per heavy atom. The zero-order valence-corrected chi connectivity index (χ0v) is 18.0. The van der Waals surface area contributed by atoms with E-state index in [1.54, 1.807) is 35.5 Å². The Morgan fingerprint density at radius 3 is 2.10 bits per heavy atom. The summed E-state index contributed by atoms with van der Waals surface area (Å²) in [5.74, 6) is 3.26. The summed E-state index contributed by atoms with van der Waals surface area (Å²) < 4.78 is 27.1. The maximum absolute atomic E-state index is 5.48. The van der Waals surface area contributed by atoms with Crippen LogP contribution >= 0.6 is 0 Å². The van der Waals surface area contributed by atoms with Crippen molar-refractivity contribution in [2.45, 2.75) is 12.6 Å². The lowest BCUT2D eigenvalue weighted by atomic mass is 10.1. The van der Waals surface area contributed by atoms with E-state index >= 15 is 0 Å². The number of hydrogen-bond acceptors (Lipinski definition) is 8. The van der Waals surface area contributed by atoms with Crippen LogP contribution in [0.15, 0.2) is 42.7 Å². The zero-order chi connectivity index (χ0) is 21.5. The number of benzene rings is 2. The van der Waals surface area contributed by atoms with E-state index in [1.807, 2.05) is 47.7 Å². The molecule has 0 radical (unpaired) electrons. The van der Waals surface area contributed by atoms with E-state index in [4.69, 9.17) is 23.7 Å². The highest BCUT2D eigenvalue weighted by Gasteiger charge is 2.24. The molecule has 0 fully saturated rings. The van der Waals surface area contributed by atoms with Gasteiger partial charge in [0, 0.05) is 24.5 Å². The second kappa shape index (κ2) is 9.98. The molecule has 1 aliphatic heterocycles. The summed E-state index contributed by atoms with van der Waals surface area (Å²) in [5.41, 5.74) is 5.58. The zero-order valence-electron chi connectivity index (χ0n) is 18.0. The van der Waals surface area contributed by atoms with E-state index in [1.165, 1.54) is 0 Å². The van der Waals surface area contributed by atoms with Crippen molar-refractivity contribution in [2.75, 3.05) is 42.1 Å². The SMILES string of the molecule is COc1ccc(CCNN2C=CNC2c2cc(OC)c(OC)c(OC)c2)cc1OC. The fourth-order valence-corrected chi connectivity index (χ4v) is 3.41. The van der Waals surface area contributed by atoms with Gasteiger partial charge in [-0.15, -0.1) is 0 Å². The first kappa shape index (κ1) is 21.4. The Labute approximate surface area is 177 Å². The number of ether oxygens (including phenoxy) is 5. The molecule has 8 heteroatoms. The van der Waals surface area contributed by atoms with Gasteiger partial charge in [0.1, 0.15) is 6.17 Å². The molecular formula is C22H29N3O5. The fraction of sp³-hybridized carbons (Fsp3) is 0.364. The van der Waals surface area contributed by atoms with Gasteiger partial charge in [-0.1, -0.05) is 6.07 Å². The summed E-state index contributed by atoms with van der Waals surface area (Å²) in [6, 6.07) is 9.83. The van der Waals surface area contributed by atoms with Gasteiger partial charge in [0.05, 0.1) is 35.5 Å². The molecule has 0 amide bonds. The monoisotopic (exact) mass is 415 g/mol. The Hall–Kier alpha value is -3.26. The van der Waals surface area contributed by atoms with Crippen molar-refractivity contribution < 1.29 is 23.7 Å². The largest absolute Gasteiger partial charge is 0.493 e. The summed E-state index contributed by atoms with van der Waals surface area (Å²) >= 11 is 0. The average Bonchev–Trinajstić information content (AvgIpc) is 3.26. The normalized spacial score (nSPS) is 15.0. The lowest BCUT2D eigenvalue weighted by Gasteiger charge is -2.27. The van der Waals surface area contributed by atoms with Crippen LogP contribution in [0.25, 0.3) is 0 Å². The third-order valence-electron chi connectivity index (χ3n) is 4.93. The number of methoxy groups -OCH3 is 5. The van der Waals surface area contributed by atoms with Crippen LogP contribution in [0.4, 0.5) is 0 Å². The van der Waals surface area contributed by atoms with Gasteiger partial charge in [-0.3, -0.25) is 5.01 Å². The molecule has 0 aromatic heterocycles. The van der Waals surface area contributed by atoms with E-state index in [-0.39, 0.29) is 6.17 Å². The van der Waals surface area contributed by atoms with Crippen molar-refractivity contribution in [1.29, 1.82) is 0 Å². The highest BCUT2D eigenvalue weighted by atomic mass is 16.5. The number of rotatable bonds is 10. The van der Waals surface area contributed by atoms with Crippen LogP contribution < -0.4 is 34.4 Å². The Balaban J connectivity index is 1.69. The standard InChI is InChI=1S/C22H29N3O5/c1-26-17-7-6-15(12-18(17)27-2)8-9-24-25-11-10-23-22(25)16-13-19(28-3)21(30-5)20(14-16)29-4/h6-7,10-14,22-24H,8-9H2,1-5H3. The number of nitrogens with zero attached hydrogens (tertiary/aromatic N) is 1. The quantitative estimate of drug-likeness (QED) is 0.614. The second-order valence-corrected chi connectivity index (χ2v) is 6.60. The molecular weight excluding hydrogens is 386 g/mol. The molecule has 0 spiro atoms. The van der Waals surface area contributed by atoms with E-state index in [0.717, 1.165) is 35.6 Å². The first-order valence-electron chi connectivity index (χ1n) is 9.60. The molecule has 3 rings (SSSR count). The van der Waals surface area contributed by atoms with Gasteiger partial charge in [0.2, 0.25) is 5.75 Å². The van der Waals surface area contributed by atoms with Gasteiger partial charge in [-0.25, -0.2) is 5.43 Å². The number of nitrogens with one attached hydrogen (secondary N) is 2. The van der Waals surface area contributed by atoms with Gasteiger partial charge < -0.3 is 29.0 Å². The van der Waals surface area contributed by atoms with Gasteiger partial charge in [-0.2, -0.15) is 0 Å². The minimum atomic E-state index is -0.107.